The van der Waals surface area contributed by atoms with Crippen LogP contribution in [0.4, 0.5) is 0 Å². The van der Waals surface area contributed by atoms with Crippen LogP contribution in [0.5, 0.6) is 0 Å². The molecule has 1 saturated heterocycles. The van der Waals surface area contributed by atoms with Gasteiger partial charge in [0.1, 0.15) is 5.78 Å². The van der Waals surface area contributed by atoms with Crippen molar-refractivity contribution in [3.63, 3.8) is 0 Å². The molecule has 0 spiro atoms. The molecule has 1 fully saturated rings. The third kappa shape index (κ3) is 4.04. The van der Waals surface area contributed by atoms with E-state index in [-0.39, 0.29) is 31.8 Å². The molecule has 22 heavy (non-hydrogen) atoms. The van der Waals surface area contributed by atoms with Crippen LogP contribution in [0.25, 0.3) is 0 Å². The van der Waals surface area contributed by atoms with Crippen molar-refractivity contribution in [1.29, 1.82) is 0 Å². The van der Waals surface area contributed by atoms with E-state index in [4.69, 9.17) is 14.2 Å². The van der Waals surface area contributed by atoms with Crippen molar-refractivity contribution in [2.45, 2.75) is 45.8 Å². The lowest BCUT2D eigenvalue weighted by Crippen LogP contribution is -2.43. The predicted octanol–water partition coefficient (Wildman–Crippen LogP) is 0.474. The highest BCUT2D eigenvalue weighted by Gasteiger charge is 2.45. The van der Waals surface area contributed by atoms with Crippen molar-refractivity contribution in [3.8, 4) is 0 Å². The topological polar surface area (TPSA) is 99.1 Å². The summed E-state index contributed by atoms with van der Waals surface area (Å²) in [7, 11) is 1.27. The summed E-state index contributed by atoms with van der Waals surface area (Å²) >= 11 is 0. The third-order valence-corrected chi connectivity index (χ3v) is 3.97. The number of aliphatic hydroxyl groups is 1. The Bertz CT molecular complexity index is 430. The van der Waals surface area contributed by atoms with E-state index in [1.165, 1.54) is 7.11 Å². The maximum absolute atomic E-state index is 12.1. The zero-order chi connectivity index (χ0) is 16.9. The van der Waals surface area contributed by atoms with Gasteiger partial charge in [0.15, 0.2) is 6.10 Å². The van der Waals surface area contributed by atoms with E-state index in [2.05, 4.69) is 0 Å². The smallest absolute Gasteiger partial charge is 0.335 e. The molecule has 0 saturated carbocycles. The molecule has 0 amide bonds. The number of Topliss-reactive ketones (excluding diaryl/α,β-unsaturated/α-hetero) is 1. The van der Waals surface area contributed by atoms with Crippen molar-refractivity contribution >= 4 is 17.7 Å². The van der Waals surface area contributed by atoms with Crippen LogP contribution in [0.3, 0.4) is 0 Å². The lowest BCUT2D eigenvalue weighted by Gasteiger charge is -2.32. The molecule has 0 bridgehead atoms. The van der Waals surface area contributed by atoms with E-state index in [1.54, 1.807) is 20.8 Å². The second kappa shape index (κ2) is 7.69. The summed E-state index contributed by atoms with van der Waals surface area (Å²) in [6, 6.07) is 0. The van der Waals surface area contributed by atoms with Gasteiger partial charge in [0.25, 0.3) is 0 Å². The Morgan fingerprint density at radius 1 is 1.45 bits per heavy atom. The van der Waals surface area contributed by atoms with Crippen LogP contribution >= 0.6 is 0 Å². The number of esters is 2. The van der Waals surface area contributed by atoms with Crippen molar-refractivity contribution in [2.75, 3.05) is 20.3 Å². The molecule has 0 aliphatic carbocycles. The normalized spacial score (nSPS) is 24.3. The van der Waals surface area contributed by atoms with E-state index >= 15 is 0 Å². The molecule has 1 rings (SSSR count). The summed E-state index contributed by atoms with van der Waals surface area (Å²) in [5, 5.41) is 10.1. The van der Waals surface area contributed by atoms with Gasteiger partial charge in [0.05, 0.1) is 37.8 Å². The molecule has 3 atom stereocenters. The fourth-order valence-electron chi connectivity index (χ4n) is 2.51. The van der Waals surface area contributed by atoms with Gasteiger partial charge in [-0.3, -0.25) is 9.59 Å². The van der Waals surface area contributed by atoms with Crippen molar-refractivity contribution < 1.29 is 33.7 Å². The molecule has 0 radical (unpaired) electrons. The largest absolute Gasteiger partial charge is 0.469 e. The second-order valence-corrected chi connectivity index (χ2v) is 5.83. The van der Waals surface area contributed by atoms with Crippen LogP contribution in [0.15, 0.2) is 0 Å². The molecule has 1 aliphatic rings. The Labute approximate surface area is 129 Å². The van der Waals surface area contributed by atoms with Crippen molar-refractivity contribution in [2.24, 2.45) is 11.3 Å². The molecule has 0 aromatic carbocycles. The molecule has 7 heteroatoms. The SMILES string of the molecule is CCOC(=O)C(O)C1CC(C(C)(C)C(=O)OC)OCCC1=O. The van der Waals surface area contributed by atoms with E-state index in [9.17, 15) is 19.5 Å². The summed E-state index contributed by atoms with van der Waals surface area (Å²) in [5.41, 5.74) is -0.994. The summed E-state index contributed by atoms with van der Waals surface area (Å²) < 4.78 is 15.1. The Morgan fingerprint density at radius 3 is 2.64 bits per heavy atom. The third-order valence-electron chi connectivity index (χ3n) is 3.97. The number of hydrogen-bond acceptors (Lipinski definition) is 7. The minimum absolute atomic E-state index is 0.0565. The molecule has 7 nitrogen and oxygen atoms in total. The van der Waals surface area contributed by atoms with Crippen LogP contribution in [-0.2, 0) is 28.6 Å². The van der Waals surface area contributed by atoms with Crippen LogP contribution < -0.4 is 0 Å². The average Bonchev–Trinajstić information content (AvgIpc) is 2.68. The summed E-state index contributed by atoms with van der Waals surface area (Å²) in [6.07, 6.45) is -2.05. The van der Waals surface area contributed by atoms with Gasteiger partial charge < -0.3 is 19.3 Å². The van der Waals surface area contributed by atoms with Gasteiger partial charge in [-0.15, -0.1) is 0 Å². The number of carbonyl (C=O) groups excluding carboxylic acids is 3. The van der Waals surface area contributed by atoms with Crippen molar-refractivity contribution in [1.82, 2.24) is 0 Å². The van der Waals surface area contributed by atoms with Crippen LogP contribution in [-0.4, -0.2) is 55.4 Å². The molecule has 1 N–H and O–H groups in total. The van der Waals surface area contributed by atoms with E-state index in [0.717, 1.165) is 0 Å². The van der Waals surface area contributed by atoms with Crippen LogP contribution in [0.2, 0.25) is 0 Å². The number of methoxy groups -OCH3 is 1. The number of carbonyl (C=O) groups is 3. The molecule has 0 aromatic rings. The highest BCUT2D eigenvalue weighted by atomic mass is 16.5. The van der Waals surface area contributed by atoms with Crippen LogP contribution in [0, 0.1) is 11.3 Å². The first kappa shape index (κ1) is 18.6. The fraction of sp³-hybridized carbons (Fsp3) is 0.800. The van der Waals surface area contributed by atoms with Crippen molar-refractivity contribution in [3.05, 3.63) is 0 Å². The molecule has 1 heterocycles. The zero-order valence-corrected chi connectivity index (χ0v) is 13.5. The van der Waals surface area contributed by atoms with E-state index in [1.807, 2.05) is 0 Å². The number of ether oxygens (including phenoxy) is 3. The van der Waals surface area contributed by atoms with Gasteiger partial charge in [0, 0.05) is 6.42 Å². The van der Waals surface area contributed by atoms with Gasteiger partial charge in [-0.25, -0.2) is 4.79 Å². The Morgan fingerprint density at radius 2 is 2.09 bits per heavy atom. The summed E-state index contributed by atoms with van der Waals surface area (Å²) in [6.45, 7) is 5.16. The van der Waals surface area contributed by atoms with Gasteiger partial charge in [-0.2, -0.15) is 0 Å². The lowest BCUT2D eigenvalue weighted by atomic mass is 9.79. The minimum Gasteiger partial charge on any atom is -0.469 e. The highest BCUT2D eigenvalue weighted by Crippen LogP contribution is 2.33. The maximum Gasteiger partial charge on any atom is 0.335 e. The zero-order valence-electron chi connectivity index (χ0n) is 13.5. The lowest BCUT2D eigenvalue weighted by molar-refractivity contribution is -0.163. The summed E-state index contributed by atoms with van der Waals surface area (Å²) in [4.78, 5) is 35.7. The van der Waals surface area contributed by atoms with Crippen LogP contribution in [0.1, 0.15) is 33.6 Å². The van der Waals surface area contributed by atoms with Gasteiger partial charge >= 0.3 is 11.9 Å². The fourth-order valence-corrected chi connectivity index (χ4v) is 2.51. The highest BCUT2D eigenvalue weighted by molar-refractivity contribution is 5.88. The molecule has 1 aliphatic heterocycles. The molecular weight excluding hydrogens is 292 g/mol. The molecule has 3 unspecified atom stereocenters. The number of hydrogen-bond donors (Lipinski definition) is 1. The monoisotopic (exact) mass is 316 g/mol. The first-order valence-electron chi connectivity index (χ1n) is 7.33. The Kier molecular flexibility index (Phi) is 6.49. The average molecular weight is 316 g/mol. The Hall–Kier alpha value is -1.47. The second-order valence-electron chi connectivity index (χ2n) is 5.83. The first-order valence-corrected chi connectivity index (χ1v) is 7.33. The van der Waals surface area contributed by atoms with Gasteiger partial charge in [0.2, 0.25) is 0 Å². The molecule has 0 aromatic heterocycles. The molecule has 126 valence electrons. The number of rotatable bonds is 5. The maximum atomic E-state index is 12.1. The minimum atomic E-state index is -1.55. The number of aliphatic hydroxyl groups excluding tert-OH is 1. The first-order chi connectivity index (χ1) is 10.3. The van der Waals surface area contributed by atoms with E-state index in [0.29, 0.717) is 0 Å². The van der Waals surface area contributed by atoms with Gasteiger partial charge in [-0.05, 0) is 27.2 Å². The summed E-state index contributed by atoms with van der Waals surface area (Å²) in [5.74, 6) is -2.53. The quantitative estimate of drug-likeness (QED) is 0.736. The predicted molar refractivity (Wildman–Crippen MR) is 75.9 cm³/mol. The number of ketones is 1. The standard InChI is InChI=1S/C15H24O7/c1-5-21-13(18)12(17)9-8-11(22-7-6-10(9)16)15(2,3)14(19)20-4/h9,11-12,17H,5-8H2,1-4H3. The molecular formula is C15H24O7. The Balaban J connectivity index is 2.95. The van der Waals surface area contributed by atoms with E-state index < -0.39 is 35.5 Å². The van der Waals surface area contributed by atoms with Gasteiger partial charge in [-0.1, -0.05) is 0 Å².